The van der Waals surface area contributed by atoms with E-state index in [2.05, 4.69) is 31.7 Å². The van der Waals surface area contributed by atoms with Gasteiger partial charge in [0.1, 0.15) is 11.6 Å². The van der Waals surface area contributed by atoms with E-state index < -0.39 is 0 Å². The van der Waals surface area contributed by atoms with Crippen molar-refractivity contribution in [3.8, 4) is 0 Å². The number of hydrogen-bond acceptors (Lipinski definition) is 6. The Morgan fingerprint density at radius 1 is 1.12 bits per heavy atom. The lowest BCUT2D eigenvalue weighted by Gasteiger charge is -2.31. The standard InChI is InChI=1S/C18H26N6O2/c1-12-16(26-13(2)19-12)18(25)23-9-7-15-20-21-17(24(15)11-10-23)14-6-4-5-8-22(14)3/h14H,4-11H2,1-3H3. The van der Waals surface area contributed by atoms with Crippen LogP contribution in [0.2, 0.25) is 0 Å². The van der Waals surface area contributed by atoms with Gasteiger partial charge in [-0.25, -0.2) is 4.98 Å². The first-order valence-electron chi connectivity index (χ1n) is 9.40. The van der Waals surface area contributed by atoms with Crippen molar-refractivity contribution in [3.05, 3.63) is 29.0 Å². The zero-order chi connectivity index (χ0) is 18.3. The molecule has 4 heterocycles. The fourth-order valence-electron chi connectivity index (χ4n) is 4.07. The van der Waals surface area contributed by atoms with E-state index in [1.807, 2.05) is 11.8 Å². The van der Waals surface area contributed by atoms with Crippen LogP contribution in [0.5, 0.6) is 0 Å². The number of fused-ring (bicyclic) bond motifs is 1. The van der Waals surface area contributed by atoms with E-state index in [-0.39, 0.29) is 5.91 Å². The highest BCUT2D eigenvalue weighted by molar-refractivity contribution is 5.92. The van der Waals surface area contributed by atoms with Gasteiger partial charge in [0.25, 0.3) is 5.91 Å². The summed E-state index contributed by atoms with van der Waals surface area (Å²) in [5, 5.41) is 8.93. The zero-order valence-electron chi connectivity index (χ0n) is 15.7. The molecule has 0 N–H and O–H groups in total. The summed E-state index contributed by atoms with van der Waals surface area (Å²) in [5.41, 5.74) is 0.653. The maximum absolute atomic E-state index is 12.8. The van der Waals surface area contributed by atoms with Crippen LogP contribution in [-0.4, -0.2) is 62.1 Å². The number of amides is 1. The maximum Gasteiger partial charge on any atom is 0.291 e. The average Bonchev–Trinajstić information content (AvgIpc) is 3.10. The number of nitrogens with zero attached hydrogens (tertiary/aromatic N) is 6. The lowest BCUT2D eigenvalue weighted by Crippen LogP contribution is -2.35. The molecule has 8 nitrogen and oxygen atoms in total. The molecule has 1 amide bonds. The average molecular weight is 358 g/mol. The number of carbonyl (C=O) groups excluding carboxylic acids is 1. The number of aryl methyl sites for hydroxylation is 2. The number of hydrogen-bond donors (Lipinski definition) is 0. The van der Waals surface area contributed by atoms with Crippen molar-refractivity contribution in [3.63, 3.8) is 0 Å². The molecule has 2 aliphatic rings. The summed E-state index contributed by atoms with van der Waals surface area (Å²) in [4.78, 5) is 21.3. The minimum atomic E-state index is -0.0850. The second-order valence-corrected chi connectivity index (χ2v) is 7.31. The monoisotopic (exact) mass is 358 g/mol. The normalized spacial score (nSPS) is 21.5. The van der Waals surface area contributed by atoms with Crippen molar-refractivity contribution in [1.82, 2.24) is 29.5 Å². The Bertz CT molecular complexity index is 811. The lowest BCUT2D eigenvalue weighted by atomic mass is 10.0. The van der Waals surface area contributed by atoms with Crippen molar-refractivity contribution in [2.45, 2.75) is 52.1 Å². The van der Waals surface area contributed by atoms with Crippen LogP contribution in [-0.2, 0) is 13.0 Å². The molecule has 0 radical (unpaired) electrons. The third-order valence-corrected chi connectivity index (χ3v) is 5.51. The molecule has 0 bridgehead atoms. The zero-order valence-corrected chi connectivity index (χ0v) is 15.7. The highest BCUT2D eigenvalue weighted by Gasteiger charge is 2.30. The molecule has 1 saturated heterocycles. The molecule has 4 rings (SSSR count). The first kappa shape index (κ1) is 17.2. The Labute approximate surface area is 153 Å². The summed E-state index contributed by atoms with van der Waals surface area (Å²) in [5.74, 6) is 2.81. The van der Waals surface area contributed by atoms with Crippen molar-refractivity contribution in [2.24, 2.45) is 0 Å². The van der Waals surface area contributed by atoms with Gasteiger partial charge in [0.05, 0.1) is 11.7 Å². The molecule has 0 aliphatic carbocycles. The summed E-state index contributed by atoms with van der Waals surface area (Å²) in [6, 6.07) is 0.325. The fraction of sp³-hybridized carbons (Fsp3) is 0.667. The van der Waals surface area contributed by atoms with E-state index in [0.717, 1.165) is 31.2 Å². The van der Waals surface area contributed by atoms with Crippen LogP contribution >= 0.6 is 0 Å². The van der Waals surface area contributed by atoms with E-state index in [1.165, 1.54) is 12.8 Å². The topological polar surface area (TPSA) is 80.3 Å². The molecule has 1 fully saturated rings. The largest absolute Gasteiger partial charge is 0.436 e. The summed E-state index contributed by atoms with van der Waals surface area (Å²) >= 11 is 0. The third kappa shape index (κ3) is 3.02. The molecule has 8 heteroatoms. The van der Waals surface area contributed by atoms with Gasteiger partial charge in [-0.1, -0.05) is 6.42 Å². The first-order valence-corrected chi connectivity index (χ1v) is 9.40. The minimum Gasteiger partial charge on any atom is -0.436 e. The van der Waals surface area contributed by atoms with E-state index in [4.69, 9.17) is 4.42 Å². The van der Waals surface area contributed by atoms with Crippen molar-refractivity contribution < 1.29 is 9.21 Å². The summed E-state index contributed by atoms with van der Waals surface area (Å²) in [7, 11) is 2.16. The van der Waals surface area contributed by atoms with Gasteiger partial charge in [-0.05, 0) is 33.4 Å². The highest BCUT2D eigenvalue weighted by Crippen LogP contribution is 2.29. The van der Waals surface area contributed by atoms with Crippen molar-refractivity contribution in [2.75, 3.05) is 26.7 Å². The molecule has 2 aliphatic heterocycles. The van der Waals surface area contributed by atoms with E-state index in [0.29, 0.717) is 42.9 Å². The first-order chi connectivity index (χ1) is 12.5. The Hall–Kier alpha value is -2.22. The number of piperidine rings is 1. The van der Waals surface area contributed by atoms with Gasteiger partial charge >= 0.3 is 0 Å². The second kappa shape index (κ2) is 6.83. The maximum atomic E-state index is 12.8. The van der Waals surface area contributed by atoms with Gasteiger partial charge in [-0.3, -0.25) is 9.69 Å². The molecule has 0 aromatic carbocycles. The molecule has 26 heavy (non-hydrogen) atoms. The number of oxazole rings is 1. The molecular weight excluding hydrogens is 332 g/mol. The van der Waals surface area contributed by atoms with Gasteiger partial charge in [0, 0.05) is 33.0 Å². The molecule has 0 saturated carbocycles. The molecule has 2 aromatic heterocycles. The number of rotatable bonds is 2. The summed E-state index contributed by atoms with van der Waals surface area (Å²) in [6.45, 7) is 6.65. The van der Waals surface area contributed by atoms with Gasteiger partial charge < -0.3 is 13.9 Å². The van der Waals surface area contributed by atoms with Crippen LogP contribution in [0.3, 0.4) is 0 Å². The lowest BCUT2D eigenvalue weighted by molar-refractivity contribution is 0.0723. The van der Waals surface area contributed by atoms with Crippen LogP contribution in [0.1, 0.15) is 59.1 Å². The molecule has 2 aromatic rings. The minimum absolute atomic E-state index is 0.0850. The quantitative estimate of drug-likeness (QED) is 0.813. The molecule has 1 unspecified atom stereocenters. The molecule has 0 spiro atoms. The predicted molar refractivity (Wildman–Crippen MR) is 94.8 cm³/mol. The van der Waals surface area contributed by atoms with Crippen LogP contribution in [0.25, 0.3) is 0 Å². The number of likely N-dealkylation sites (tertiary alicyclic amines) is 1. The highest BCUT2D eigenvalue weighted by atomic mass is 16.4. The number of carbonyl (C=O) groups is 1. The second-order valence-electron chi connectivity index (χ2n) is 7.31. The Morgan fingerprint density at radius 3 is 2.69 bits per heavy atom. The Balaban J connectivity index is 1.53. The van der Waals surface area contributed by atoms with Crippen LogP contribution in [0.15, 0.2) is 4.42 Å². The molecule has 140 valence electrons. The van der Waals surface area contributed by atoms with Crippen molar-refractivity contribution >= 4 is 5.91 Å². The smallest absolute Gasteiger partial charge is 0.291 e. The van der Waals surface area contributed by atoms with Gasteiger partial charge in [-0.15, -0.1) is 10.2 Å². The molecule has 1 atom stereocenters. The number of aromatic nitrogens is 4. The van der Waals surface area contributed by atoms with E-state index >= 15 is 0 Å². The van der Waals surface area contributed by atoms with Gasteiger partial charge in [0.2, 0.25) is 5.76 Å². The van der Waals surface area contributed by atoms with E-state index in [1.54, 1.807) is 6.92 Å². The SMILES string of the molecule is Cc1nc(C)c(C(=O)N2CCc3nnc(C4CCCCN4C)n3CC2)o1. The Kier molecular flexibility index (Phi) is 4.52. The Morgan fingerprint density at radius 2 is 1.96 bits per heavy atom. The van der Waals surface area contributed by atoms with Gasteiger partial charge in [-0.2, -0.15) is 0 Å². The third-order valence-electron chi connectivity index (χ3n) is 5.51. The van der Waals surface area contributed by atoms with Crippen LogP contribution in [0.4, 0.5) is 0 Å². The summed E-state index contributed by atoms with van der Waals surface area (Å²) < 4.78 is 7.74. The van der Waals surface area contributed by atoms with Crippen molar-refractivity contribution in [1.29, 1.82) is 0 Å². The molecular formula is C18H26N6O2. The summed E-state index contributed by atoms with van der Waals surface area (Å²) in [6.07, 6.45) is 4.30. The van der Waals surface area contributed by atoms with Gasteiger partial charge in [0.15, 0.2) is 5.89 Å². The predicted octanol–water partition coefficient (Wildman–Crippen LogP) is 1.74. The fourth-order valence-corrected chi connectivity index (χ4v) is 4.07. The van der Waals surface area contributed by atoms with Crippen LogP contribution < -0.4 is 0 Å². The van der Waals surface area contributed by atoms with Crippen LogP contribution in [0, 0.1) is 13.8 Å². The van der Waals surface area contributed by atoms with E-state index in [9.17, 15) is 4.79 Å².